The third-order valence-corrected chi connectivity index (χ3v) is 9.25. The molecular formula is C28H43NO4S2. The van der Waals surface area contributed by atoms with E-state index in [1.165, 1.54) is 5.56 Å². The van der Waals surface area contributed by atoms with Crippen molar-refractivity contribution in [2.24, 2.45) is 5.41 Å². The summed E-state index contributed by atoms with van der Waals surface area (Å²) >= 11 is 1.54. The molecule has 1 amide bonds. The molecule has 0 saturated heterocycles. The Hall–Kier alpha value is -1.83. The summed E-state index contributed by atoms with van der Waals surface area (Å²) in [7, 11) is -2.13. The second-order valence-corrected chi connectivity index (χ2v) is 14.6. The maximum atomic E-state index is 12.9. The Morgan fingerprint density at radius 2 is 1.80 bits per heavy atom. The molecule has 2 unspecified atom stereocenters. The quantitative estimate of drug-likeness (QED) is 0.392. The standard InChI is InChI=1S/C28H43NO4S2/c1-10-28(11-2,21-12-13-22(19(3)16-21)33-18-23(30)27(5,6)7)24-17-20(4)25(34-24)26(31)29-14-15-35(8,9)32/h12-13,16-17,23,30H,8,10-11,14-15,18H2,1-7,9H3,(H,29,31). The number of aliphatic hydroxyl groups is 1. The maximum absolute atomic E-state index is 12.9. The lowest BCUT2D eigenvalue weighted by molar-refractivity contribution is 0.0216. The number of carbonyl (C=O) groups excluding carboxylic acids is 1. The van der Waals surface area contributed by atoms with Gasteiger partial charge in [-0.3, -0.25) is 9.00 Å². The van der Waals surface area contributed by atoms with Gasteiger partial charge in [0.1, 0.15) is 12.4 Å². The summed E-state index contributed by atoms with van der Waals surface area (Å²) in [5.41, 5.74) is 2.72. The van der Waals surface area contributed by atoms with Crippen LogP contribution in [0.5, 0.6) is 5.75 Å². The lowest BCUT2D eigenvalue weighted by Crippen LogP contribution is -2.32. The second kappa shape index (κ2) is 11.5. The Labute approximate surface area is 216 Å². The van der Waals surface area contributed by atoms with Crippen LogP contribution in [0.25, 0.3) is 0 Å². The molecule has 0 aliphatic heterocycles. The van der Waals surface area contributed by atoms with Crippen molar-refractivity contribution in [3.8, 4) is 5.75 Å². The molecular weight excluding hydrogens is 478 g/mol. The zero-order valence-corrected chi connectivity index (χ0v) is 24.3. The molecule has 35 heavy (non-hydrogen) atoms. The van der Waals surface area contributed by atoms with Crippen LogP contribution in [0.3, 0.4) is 0 Å². The minimum atomic E-state index is -2.13. The molecule has 2 N–H and O–H groups in total. The highest BCUT2D eigenvalue weighted by Gasteiger charge is 2.34. The molecule has 2 aromatic rings. The van der Waals surface area contributed by atoms with Crippen LogP contribution in [0, 0.1) is 19.3 Å². The van der Waals surface area contributed by atoms with Gasteiger partial charge in [0.25, 0.3) is 5.91 Å². The van der Waals surface area contributed by atoms with Crippen LogP contribution in [-0.2, 0) is 14.9 Å². The van der Waals surface area contributed by atoms with Crippen molar-refractivity contribution >= 4 is 32.6 Å². The highest BCUT2D eigenvalue weighted by molar-refractivity contribution is 7.99. The van der Waals surface area contributed by atoms with Gasteiger partial charge in [-0.25, -0.2) is 0 Å². The molecule has 1 heterocycles. The molecule has 196 valence electrons. The van der Waals surface area contributed by atoms with Crippen molar-refractivity contribution in [2.75, 3.05) is 25.2 Å². The van der Waals surface area contributed by atoms with E-state index >= 15 is 0 Å². The first kappa shape index (κ1) is 29.4. The van der Waals surface area contributed by atoms with Gasteiger partial charge in [0, 0.05) is 28.8 Å². The van der Waals surface area contributed by atoms with Gasteiger partial charge in [-0.1, -0.05) is 46.8 Å². The van der Waals surface area contributed by atoms with Crippen molar-refractivity contribution in [1.82, 2.24) is 5.32 Å². The zero-order chi connectivity index (χ0) is 26.6. The molecule has 0 radical (unpaired) electrons. The first-order chi connectivity index (χ1) is 16.1. The summed E-state index contributed by atoms with van der Waals surface area (Å²) in [5.74, 6) is 4.67. The van der Waals surface area contributed by atoms with Crippen LogP contribution in [0.15, 0.2) is 24.3 Å². The summed E-state index contributed by atoms with van der Waals surface area (Å²) in [4.78, 5) is 14.7. The van der Waals surface area contributed by atoms with Gasteiger partial charge in [-0.15, -0.1) is 11.3 Å². The first-order valence-electron chi connectivity index (χ1n) is 12.3. The van der Waals surface area contributed by atoms with E-state index in [2.05, 4.69) is 43.2 Å². The Morgan fingerprint density at radius 1 is 1.17 bits per heavy atom. The summed E-state index contributed by atoms with van der Waals surface area (Å²) in [6.07, 6.45) is 2.84. The third-order valence-electron chi connectivity index (χ3n) is 6.75. The van der Waals surface area contributed by atoms with Gasteiger partial charge < -0.3 is 15.2 Å². The summed E-state index contributed by atoms with van der Waals surface area (Å²) < 4.78 is 17.8. The minimum absolute atomic E-state index is 0.124. The topological polar surface area (TPSA) is 75.6 Å². The van der Waals surface area contributed by atoms with Crippen LogP contribution in [-0.4, -0.2) is 52.4 Å². The monoisotopic (exact) mass is 521 g/mol. The summed E-state index contributed by atoms with van der Waals surface area (Å²) in [6.45, 7) is 15.0. The van der Waals surface area contributed by atoms with Crippen molar-refractivity contribution < 1.29 is 18.8 Å². The van der Waals surface area contributed by atoms with E-state index < -0.39 is 15.6 Å². The predicted octanol–water partition coefficient (Wildman–Crippen LogP) is 5.33. The second-order valence-electron chi connectivity index (χ2n) is 10.7. The van der Waals surface area contributed by atoms with Crippen molar-refractivity contribution in [2.45, 2.75) is 72.8 Å². The fraction of sp³-hybridized carbons (Fsp3) is 0.571. The molecule has 0 bridgehead atoms. The fourth-order valence-electron chi connectivity index (χ4n) is 4.08. The minimum Gasteiger partial charge on any atom is -0.491 e. The van der Waals surface area contributed by atoms with Crippen LogP contribution < -0.4 is 10.1 Å². The van der Waals surface area contributed by atoms with E-state index in [0.717, 1.165) is 34.6 Å². The number of aryl methyl sites for hydroxylation is 2. The molecule has 0 saturated carbocycles. The highest BCUT2D eigenvalue weighted by atomic mass is 32.2. The molecule has 0 aliphatic rings. The molecule has 0 fully saturated rings. The number of benzene rings is 1. The maximum Gasteiger partial charge on any atom is 0.261 e. The molecule has 1 aromatic carbocycles. The summed E-state index contributed by atoms with van der Waals surface area (Å²) in [6, 6.07) is 8.41. The molecule has 7 heteroatoms. The zero-order valence-electron chi connectivity index (χ0n) is 22.6. The SMILES string of the molecule is C=S(C)(=O)CCNC(=O)c1sc(C(CC)(CC)c2ccc(OCC(O)C(C)(C)C)c(C)c2)cc1C. The Balaban J connectivity index is 2.31. The number of hydrogen-bond acceptors (Lipinski definition) is 5. The van der Waals surface area contributed by atoms with E-state index in [4.69, 9.17) is 4.74 Å². The number of ether oxygens (including phenoxy) is 1. The Kier molecular flexibility index (Phi) is 9.65. The van der Waals surface area contributed by atoms with E-state index in [-0.39, 0.29) is 23.3 Å². The first-order valence-corrected chi connectivity index (χ1v) is 15.4. The third kappa shape index (κ3) is 7.34. The van der Waals surface area contributed by atoms with E-state index in [1.807, 2.05) is 40.7 Å². The summed E-state index contributed by atoms with van der Waals surface area (Å²) in [5, 5.41) is 13.2. The van der Waals surface area contributed by atoms with Crippen molar-refractivity contribution in [1.29, 1.82) is 0 Å². The molecule has 0 spiro atoms. The molecule has 5 nitrogen and oxygen atoms in total. The molecule has 2 atom stereocenters. The average molecular weight is 522 g/mol. The lowest BCUT2D eigenvalue weighted by atomic mass is 9.74. The number of aliphatic hydroxyl groups excluding tert-OH is 1. The van der Waals surface area contributed by atoms with Crippen molar-refractivity contribution in [3.63, 3.8) is 0 Å². The number of amides is 1. The fourth-order valence-corrected chi connectivity index (χ4v) is 6.06. The highest BCUT2D eigenvalue weighted by Crippen LogP contribution is 2.44. The normalized spacial score (nSPS) is 14.9. The van der Waals surface area contributed by atoms with Crippen LogP contribution in [0.1, 0.15) is 78.7 Å². The number of thiophene rings is 1. The van der Waals surface area contributed by atoms with Gasteiger partial charge in [0.15, 0.2) is 0 Å². The smallest absolute Gasteiger partial charge is 0.261 e. The number of carbonyl (C=O) groups is 1. The lowest BCUT2D eigenvalue weighted by Gasteiger charge is -2.32. The number of hydrogen-bond donors (Lipinski definition) is 2. The van der Waals surface area contributed by atoms with Crippen molar-refractivity contribution in [3.05, 3.63) is 50.7 Å². The van der Waals surface area contributed by atoms with Crippen LogP contribution in [0.2, 0.25) is 0 Å². The Bertz CT molecular complexity index is 1120. The van der Waals surface area contributed by atoms with Gasteiger partial charge in [0.05, 0.1) is 11.0 Å². The Morgan fingerprint density at radius 3 is 2.31 bits per heavy atom. The molecule has 2 rings (SSSR count). The molecule has 0 aliphatic carbocycles. The van der Waals surface area contributed by atoms with E-state index in [0.29, 0.717) is 17.2 Å². The molecule has 1 aromatic heterocycles. The largest absolute Gasteiger partial charge is 0.491 e. The van der Waals surface area contributed by atoms with Gasteiger partial charge in [0.2, 0.25) is 0 Å². The van der Waals surface area contributed by atoms with E-state index in [9.17, 15) is 14.1 Å². The van der Waals surface area contributed by atoms with Gasteiger partial charge in [-0.05, 0) is 76.3 Å². The van der Waals surface area contributed by atoms with Gasteiger partial charge >= 0.3 is 0 Å². The van der Waals surface area contributed by atoms with Crippen LogP contribution in [0.4, 0.5) is 0 Å². The number of rotatable bonds is 11. The van der Waals surface area contributed by atoms with Gasteiger partial charge in [-0.2, -0.15) is 0 Å². The number of nitrogens with one attached hydrogen (secondary N) is 1. The van der Waals surface area contributed by atoms with Crippen LogP contribution >= 0.6 is 11.3 Å². The predicted molar refractivity (Wildman–Crippen MR) is 151 cm³/mol. The average Bonchev–Trinajstić information content (AvgIpc) is 3.14. The van der Waals surface area contributed by atoms with E-state index in [1.54, 1.807) is 17.6 Å².